The van der Waals surface area contributed by atoms with Crippen LogP contribution in [0.4, 0.5) is 0 Å². The first kappa shape index (κ1) is 33.7. The molecule has 0 saturated heterocycles. The van der Waals surface area contributed by atoms with Crippen molar-refractivity contribution in [3.63, 3.8) is 0 Å². The summed E-state index contributed by atoms with van der Waals surface area (Å²) in [5.41, 5.74) is 2.63. The van der Waals surface area contributed by atoms with E-state index in [1.807, 2.05) is 48.2 Å². The fourth-order valence-electron chi connectivity index (χ4n) is 5.53. The largest absolute Gasteiger partial charge is 0.490 e. The van der Waals surface area contributed by atoms with Crippen LogP contribution >= 0.6 is 46.4 Å². The lowest BCUT2D eigenvalue weighted by Gasteiger charge is -2.29. The van der Waals surface area contributed by atoms with E-state index in [0.29, 0.717) is 64.1 Å². The average molecular weight is 694 g/mol. The molecule has 0 aliphatic heterocycles. The number of hydrogen-bond donors (Lipinski definition) is 2. The minimum absolute atomic E-state index is 0.00779. The van der Waals surface area contributed by atoms with Crippen molar-refractivity contribution in [3.8, 4) is 11.5 Å². The molecule has 5 rings (SSSR count). The molecule has 3 aromatic carbocycles. The van der Waals surface area contributed by atoms with Crippen molar-refractivity contribution < 1.29 is 24.2 Å². The SMILES string of the molecule is Cc1cc(Cl)c(OCCOc2ccccc2CC(CNCC2CC2C(=O)O)C(=O)N(Cc2cccc(Cl)c2Cl)C2CC2)c(Cl)c1. The van der Waals surface area contributed by atoms with Crippen molar-refractivity contribution in [2.24, 2.45) is 17.8 Å². The number of carbonyl (C=O) groups is 2. The lowest BCUT2D eigenvalue weighted by atomic mass is 9.96. The Hall–Kier alpha value is -2.68. The van der Waals surface area contributed by atoms with Crippen molar-refractivity contribution in [2.45, 2.75) is 45.2 Å². The van der Waals surface area contributed by atoms with Gasteiger partial charge in [0.25, 0.3) is 0 Å². The third-order valence-electron chi connectivity index (χ3n) is 8.20. The highest BCUT2D eigenvalue weighted by Gasteiger charge is 2.43. The van der Waals surface area contributed by atoms with Crippen LogP contribution in [0.25, 0.3) is 0 Å². The Kier molecular flexibility index (Phi) is 11.4. The van der Waals surface area contributed by atoms with Crippen molar-refractivity contribution >= 4 is 58.3 Å². The van der Waals surface area contributed by atoms with E-state index in [9.17, 15) is 14.7 Å². The highest BCUT2D eigenvalue weighted by atomic mass is 35.5. The maximum absolute atomic E-state index is 14.2. The second-order valence-electron chi connectivity index (χ2n) is 11.8. The Morgan fingerprint density at radius 1 is 0.956 bits per heavy atom. The number of carboxylic acid groups (broad SMARTS) is 1. The van der Waals surface area contributed by atoms with Crippen LogP contribution in [0, 0.1) is 24.7 Å². The summed E-state index contributed by atoms with van der Waals surface area (Å²) in [7, 11) is 0. The van der Waals surface area contributed by atoms with Gasteiger partial charge in [-0.05, 0) is 86.0 Å². The van der Waals surface area contributed by atoms with Crippen molar-refractivity contribution in [2.75, 3.05) is 26.3 Å². The third kappa shape index (κ3) is 8.99. The summed E-state index contributed by atoms with van der Waals surface area (Å²) < 4.78 is 12.0. The molecule has 0 aromatic heterocycles. The molecule has 2 saturated carbocycles. The Balaban J connectivity index is 1.28. The van der Waals surface area contributed by atoms with Crippen LogP contribution in [0.1, 0.15) is 36.0 Å². The number of halogens is 4. The zero-order chi connectivity index (χ0) is 32.1. The van der Waals surface area contributed by atoms with Gasteiger partial charge in [0.05, 0.1) is 31.9 Å². The zero-order valence-electron chi connectivity index (χ0n) is 24.9. The molecule has 0 spiro atoms. The number of aryl methyl sites for hydroxylation is 1. The van der Waals surface area contributed by atoms with Crippen molar-refractivity contribution in [1.82, 2.24) is 10.2 Å². The third-order valence-corrected chi connectivity index (χ3v) is 9.62. The van der Waals surface area contributed by atoms with Gasteiger partial charge in [0.2, 0.25) is 5.91 Å². The number of benzene rings is 3. The number of hydrogen-bond acceptors (Lipinski definition) is 5. The Labute approximate surface area is 283 Å². The van der Waals surface area contributed by atoms with E-state index in [4.69, 9.17) is 55.9 Å². The second kappa shape index (κ2) is 15.3. The number of aliphatic carboxylic acids is 1. The van der Waals surface area contributed by atoms with E-state index in [1.54, 1.807) is 18.2 Å². The predicted molar refractivity (Wildman–Crippen MR) is 178 cm³/mol. The molecule has 2 fully saturated rings. The monoisotopic (exact) mass is 692 g/mol. The number of ether oxygens (including phenoxy) is 2. The molecule has 0 radical (unpaired) electrons. The van der Waals surface area contributed by atoms with Gasteiger partial charge in [-0.1, -0.05) is 76.7 Å². The van der Waals surface area contributed by atoms with Gasteiger partial charge in [-0.25, -0.2) is 0 Å². The van der Waals surface area contributed by atoms with Gasteiger partial charge >= 0.3 is 5.97 Å². The summed E-state index contributed by atoms with van der Waals surface area (Å²) >= 11 is 25.4. The van der Waals surface area contributed by atoms with Gasteiger partial charge in [-0.3, -0.25) is 9.59 Å². The first-order chi connectivity index (χ1) is 21.6. The summed E-state index contributed by atoms with van der Waals surface area (Å²) in [5, 5.41) is 14.5. The van der Waals surface area contributed by atoms with Crippen LogP contribution in [0.2, 0.25) is 20.1 Å². The van der Waals surface area contributed by atoms with Crippen LogP contribution in [-0.4, -0.2) is 54.2 Å². The molecule has 2 aliphatic rings. The normalized spacial score (nSPS) is 17.9. The molecule has 240 valence electrons. The van der Waals surface area contributed by atoms with E-state index in [1.165, 1.54) is 0 Å². The fourth-order valence-corrected chi connectivity index (χ4v) is 6.61. The van der Waals surface area contributed by atoms with E-state index in [0.717, 1.165) is 29.5 Å². The number of nitrogens with zero attached hydrogens (tertiary/aromatic N) is 1. The van der Waals surface area contributed by atoms with E-state index in [-0.39, 0.29) is 37.0 Å². The second-order valence-corrected chi connectivity index (χ2v) is 13.4. The molecule has 11 heteroatoms. The summed E-state index contributed by atoms with van der Waals surface area (Å²) in [6, 6.07) is 16.8. The lowest BCUT2D eigenvalue weighted by Crippen LogP contribution is -2.42. The Morgan fingerprint density at radius 2 is 1.64 bits per heavy atom. The minimum Gasteiger partial charge on any atom is -0.490 e. The molecule has 0 bridgehead atoms. The molecule has 7 nitrogen and oxygen atoms in total. The van der Waals surface area contributed by atoms with E-state index < -0.39 is 11.9 Å². The lowest BCUT2D eigenvalue weighted by molar-refractivity contribution is -0.139. The summed E-state index contributed by atoms with van der Waals surface area (Å²) in [4.78, 5) is 27.5. The quantitative estimate of drug-likeness (QED) is 0.149. The zero-order valence-corrected chi connectivity index (χ0v) is 27.9. The number of rotatable bonds is 16. The molecule has 2 aliphatic carbocycles. The van der Waals surface area contributed by atoms with Gasteiger partial charge < -0.3 is 24.8 Å². The van der Waals surface area contributed by atoms with Crippen LogP contribution in [0.3, 0.4) is 0 Å². The summed E-state index contributed by atoms with van der Waals surface area (Å²) in [6.07, 6.45) is 2.94. The highest BCUT2D eigenvalue weighted by Crippen LogP contribution is 2.38. The number of carboxylic acids is 1. The van der Waals surface area contributed by atoms with Crippen LogP contribution in [-0.2, 0) is 22.6 Å². The molecule has 3 aromatic rings. The number of para-hydroxylation sites is 1. The van der Waals surface area contributed by atoms with E-state index >= 15 is 0 Å². The van der Waals surface area contributed by atoms with Crippen LogP contribution in [0.5, 0.6) is 11.5 Å². The van der Waals surface area contributed by atoms with Gasteiger partial charge in [0.15, 0.2) is 5.75 Å². The smallest absolute Gasteiger partial charge is 0.306 e. The molecular formula is C34H36Cl4N2O5. The molecule has 0 heterocycles. The summed E-state index contributed by atoms with van der Waals surface area (Å²) in [6.45, 7) is 3.68. The Morgan fingerprint density at radius 3 is 2.33 bits per heavy atom. The molecule has 3 atom stereocenters. The fraction of sp³-hybridized carbons (Fsp3) is 0.412. The maximum Gasteiger partial charge on any atom is 0.306 e. The van der Waals surface area contributed by atoms with Gasteiger partial charge in [0, 0.05) is 19.1 Å². The maximum atomic E-state index is 14.2. The molecule has 45 heavy (non-hydrogen) atoms. The average Bonchev–Trinajstić information content (AvgIpc) is 3.92. The van der Waals surface area contributed by atoms with Crippen LogP contribution in [0.15, 0.2) is 54.6 Å². The summed E-state index contributed by atoms with van der Waals surface area (Å²) in [5.74, 6) is -0.350. The number of nitrogens with one attached hydrogen (secondary N) is 1. The van der Waals surface area contributed by atoms with E-state index in [2.05, 4.69) is 5.32 Å². The molecule has 2 N–H and O–H groups in total. The standard InChI is InChI=1S/C34H36Cl4N2O5/c1-20-13-28(36)32(29(37)14-20)45-12-11-44-30-8-3-2-5-21(30)15-24(18-39-17-23-16-26(23)34(42)43)33(41)40(25-9-10-25)19-22-6-4-7-27(35)31(22)38/h2-8,13-14,23-26,39H,9-12,15-19H2,1H3,(H,42,43). The molecule has 1 amide bonds. The first-order valence-corrected chi connectivity index (χ1v) is 16.6. The molecular weight excluding hydrogens is 658 g/mol. The Bertz CT molecular complexity index is 1510. The highest BCUT2D eigenvalue weighted by molar-refractivity contribution is 6.42. The first-order valence-electron chi connectivity index (χ1n) is 15.1. The van der Waals surface area contributed by atoms with Crippen molar-refractivity contribution in [1.29, 1.82) is 0 Å². The number of carbonyl (C=O) groups excluding carboxylic acids is 1. The molecule has 3 unspecified atom stereocenters. The number of amides is 1. The minimum atomic E-state index is -0.769. The predicted octanol–water partition coefficient (Wildman–Crippen LogP) is 7.73. The van der Waals surface area contributed by atoms with Gasteiger partial charge in [-0.2, -0.15) is 0 Å². The topological polar surface area (TPSA) is 88.1 Å². The van der Waals surface area contributed by atoms with Crippen LogP contribution < -0.4 is 14.8 Å². The van der Waals surface area contributed by atoms with Gasteiger partial charge in [-0.15, -0.1) is 0 Å². The van der Waals surface area contributed by atoms with Gasteiger partial charge in [0.1, 0.15) is 19.0 Å². The van der Waals surface area contributed by atoms with Crippen molar-refractivity contribution in [3.05, 3.63) is 91.4 Å².